The third-order valence-electron chi connectivity index (χ3n) is 4.61. The monoisotopic (exact) mass is 349 g/mol. The van der Waals surface area contributed by atoms with Gasteiger partial charge < -0.3 is 5.32 Å². The Kier molecular flexibility index (Phi) is 4.63. The molecule has 2 aromatic heterocycles. The maximum Gasteiger partial charge on any atom is 0.271 e. The summed E-state index contributed by atoms with van der Waals surface area (Å²) in [5, 5.41) is 15.9. The molecular weight excluding hydrogens is 330 g/mol. The fourth-order valence-corrected chi connectivity index (χ4v) is 3.21. The van der Waals surface area contributed by atoms with E-state index in [4.69, 9.17) is 0 Å². The van der Waals surface area contributed by atoms with Crippen molar-refractivity contribution in [3.63, 3.8) is 0 Å². The number of carbonyl (C=O) groups is 1. The lowest BCUT2D eigenvalue weighted by molar-refractivity contribution is 0.0915. The minimum absolute atomic E-state index is 0.137. The zero-order chi connectivity index (χ0) is 17.8. The maximum absolute atomic E-state index is 12.2. The zero-order valence-corrected chi connectivity index (χ0v) is 14.2. The summed E-state index contributed by atoms with van der Waals surface area (Å²) in [5.41, 5.74) is 1.31. The van der Waals surface area contributed by atoms with Crippen LogP contribution in [0.15, 0.2) is 48.9 Å². The second-order valence-corrected chi connectivity index (χ2v) is 6.37. The second kappa shape index (κ2) is 7.38. The van der Waals surface area contributed by atoms with E-state index < -0.39 is 0 Å². The van der Waals surface area contributed by atoms with Crippen molar-refractivity contribution >= 4 is 5.91 Å². The van der Waals surface area contributed by atoms with Crippen molar-refractivity contribution in [1.82, 2.24) is 35.5 Å². The van der Waals surface area contributed by atoms with Crippen molar-refractivity contribution in [1.29, 1.82) is 0 Å². The van der Waals surface area contributed by atoms with E-state index in [2.05, 4.69) is 30.7 Å². The van der Waals surface area contributed by atoms with Gasteiger partial charge in [0.15, 0.2) is 0 Å². The number of hydrogen-bond donors (Lipinski definition) is 1. The first-order valence-corrected chi connectivity index (χ1v) is 8.71. The molecule has 0 atom stereocenters. The molecule has 8 heteroatoms. The predicted octanol–water partition coefficient (Wildman–Crippen LogP) is 2.04. The first-order chi connectivity index (χ1) is 12.8. The Morgan fingerprint density at radius 1 is 1.08 bits per heavy atom. The summed E-state index contributed by atoms with van der Waals surface area (Å²) >= 11 is 0. The van der Waals surface area contributed by atoms with Crippen LogP contribution >= 0.6 is 0 Å². The average molecular weight is 349 g/mol. The number of amides is 1. The lowest BCUT2D eigenvalue weighted by Crippen LogP contribution is -2.38. The van der Waals surface area contributed by atoms with Crippen LogP contribution in [-0.2, 0) is 0 Å². The SMILES string of the molecule is O=C(NC1CCC(n2nnc(-c3ccccc3)n2)CC1)c1cnccn1. The topological polar surface area (TPSA) is 98.5 Å². The first kappa shape index (κ1) is 16.3. The van der Waals surface area contributed by atoms with Gasteiger partial charge in [0.2, 0.25) is 5.82 Å². The molecule has 132 valence electrons. The molecule has 1 amide bonds. The molecule has 0 unspecified atom stereocenters. The van der Waals surface area contributed by atoms with E-state index >= 15 is 0 Å². The van der Waals surface area contributed by atoms with E-state index in [1.54, 1.807) is 11.0 Å². The van der Waals surface area contributed by atoms with Crippen LogP contribution in [0.5, 0.6) is 0 Å². The number of hydrogen-bond acceptors (Lipinski definition) is 6. The molecule has 0 radical (unpaired) electrons. The van der Waals surface area contributed by atoms with Crippen LogP contribution in [0, 0.1) is 0 Å². The molecule has 1 aliphatic carbocycles. The summed E-state index contributed by atoms with van der Waals surface area (Å²) in [6.07, 6.45) is 8.10. The Morgan fingerprint density at radius 2 is 1.88 bits per heavy atom. The number of tetrazole rings is 1. The molecule has 2 heterocycles. The smallest absolute Gasteiger partial charge is 0.271 e. The maximum atomic E-state index is 12.2. The zero-order valence-electron chi connectivity index (χ0n) is 14.2. The highest BCUT2D eigenvalue weighted by Gasteiger charge is 2.26. The van der Waals surface area contributed by atoms with Gasteiger partial charge in [-0.15, -0.1) is 10.2 Å². The summed E-state index contributed by atoms with van der Waals surface area (Å²) in [6.45, 7) is 0. The van der Waals surface area contributed by atoms with Gasteiger partial charge in [0, 0.05) is 24.0 Å². The normalized spacial score (nSPS) is 19.8. The van der Waals surface area contributed by atoms with Gasteiger partial charge in [-0.3, -0.25) is 9.78 Å². The lowest BCUT2D eigenvalue weighted by atomic mass is 9.91. The second-order valence-electron chi connectivity index (χ2n) is 6.37. The Hall–Kier alpha value is -3.16. The van der Waals surface area contributed by atoms with Crippen LogP contribution in [-0.4, -0.2) is 42.1 Å². The highest BCUT2D eigenvalue weighted by Crippen LogP contribution is 2.28. The highest BCUT2D eigenvalue weighted by molar-refractivity contribution is 5.92. The number of benzene rings is 1. The largest absolute Gasteiger partial charge is 0.348 e. The summed E-state index contributed by atoms with van der Waals surface area (Å²) in [5.74, 6) is 0.468. The third kappa shape index (κ3) is 3.58. The fourth-order valence-electron chi connectivity index (χ4n) is 3.21. The molecule has 0 aliphatic heterocycles. The quantitative estimate of drug-likeness (QED) is 0.774. The molecule has 26 heavy (non-hydrogen) atoms. The van der Waals surface area contributed by atoms with Crippen LogP contribution in [0.4, 0.5) is 0 Å². The molecule has 4 rings (SSSR count). The molecule has 1 N–H and O–H groups in total. The van der Waals surface area contributed by atoms with Gasteiger partial charge in [-0.1, -0.05) is 30.3 Å². The van der Waals surface area contributed by atoms with Gasteiger partial charge in [0.25, 0.3) is 5.91 Å². The van der Waals surface area contributed by atoms with Crippen LogP contribution in [0.2, 0.25) is 0 Å². The molecule has 1 aromatic carbocycles. The summed E-state index contributed by atoms with van der Waals surface area (Å²) in [4.78, 5) is 21.8. The average Bonchev–Trinajstić information content (AvgIpc) is 3.20. The molecule has 0 bridgehead atoms. The van der Waals surface area contributed by atoms with E-state index in [0.717, 1.165) is 31.2 Å². The van der Waals surface area contributed by atoms with Crippen LogP contribution in [0.3, 0.4) is 0 Å². The minimum Gasteiger partial charge on any atom is -0.348 e. The molecule has 1 fully saturated rings. The van der Waals surface area contributed by atoms with Crippen molar-refractivity contribution in [2.75, 3.05) is 0 Å². The van der Waals surface area contributed by atoms with Gasteiger partial charge in [-0.05, 0) is 30.9 Å². The van der Waals surface area contributed by atoms with Crippen LogP contribution < -0.4 is 5.32 Å². The van der Waals surface area contributed by atoms with E-state index in [0.29, 0.717) is 11.5 Å². The van der Waals surface area contributed by atoms with Gasteiger partial charge >= 0.3 is 0 Å². The van der Waals surface area contributed by atoms with Crippen molar-refractivity contribution < 1.29 is 4.79 Å². The number of aromatic nitrogens is 6. The van der Waals surface area contributed by atoms with Crippen molar-refractivity contribution in [3.8, 4) is 11.4 Å². The van der Waals surface area contributed by atoms with Gasteiger partial charge in [-0.2, -0.15) is 4.80 Å². The van der Waals surface area contributed by atoms with Crippen LogP contribution in [0.1, 0.15) is 42.2 Å². The number of nitrogens with one attached hydrogen (secondary N) is 1. The summed E-state index contributed by atoms with van der Waals surface area (Å²) in [6, 6.07) is 10.2. The fraction of sp³-hybridized carbons (Fsp3) is 0.333. The summed E-state index contributed by atoms with van der Waals surface area (Å²) < 4.78 is 0. The van der Waals surface area contributed by atoms with E-state index in [1.807, 2.05) is 30.3 Å². The van der Waals surface area contributed by atoms with E-state index in [9.17, 15) is 4.79 Å². The molecule has 1 aliphatic rings. The first-order valence-electron chi connectivity index (χ1n) is 8.71. The Balaban J connectivity index is 1.34. The highest BCUT2D eigenvalue weighted by atomic mass is 16.1. The predicted molar refractivity (Wildman–Crippen MR) is 94.0 cm³/mol. The van der Waals surface area contributed by atoms with Gasteiger partial charge in [0.05, 0.1) is 12.2 Å². The Morgan fingerprint density at radius 3 is 2.62 bits per heavy atom. The van der Waals surface area contributed by atoms with Crippen molar-refractivity contribution in [2.24, 2.45) is 0 Å². The third-order valence-corrected chi connectivity index (χ3v) is 4.61. The number of nitrogens with zero attached hydrogens (tertiary/aromatic N) is 6. The molecular formula is C18H19N7O. The number of rotatable bonds is 4. The van der Waals surface area contributed by atoms with E-state index in [1.165, 1.54) is 12.4 Å². The molecule has 0 saturated heterocycles. The van der Waals surface area contributed by atoms with E-state index in [-0.39, 0.29) is 18.0 Å². The number of carbonyl (C=O) groups excluding carboxylic acids is 1. The van der Waals surface area contributed by atoms with Gasteiger partial charge in [-0.25, -0.2) is 4.98 Å². The van der Waals surface area contributed by atoms with Crippen LogP contribution in [0.25, 0.3) is 11.4 Å². The standard InChI is InChI=1S/C18H19N7O/c26-18(16-12-19-10-11-20-16)21-14-6-8-15(9-7-14)25-23-17(22-24-25)13-4-2-1-3-5-13/h1-5,10-12,14-15H,6-9H2,(H,21,26). The summed E-state index contributed by atoms with van der Waals surface area (Å²) in [7, 11) is 0. The molecule has 3 aromatic rings. The minimum atomic E-state index is -0.174. The Labute approximate surface area is 150 Å². The molecule has 8 nitrogen and oxygen atoms in total. The molecule has 1 saturated carbocycles. The van der Waals surface area contributed by atoms with Crippen molar-refractivity contribution in [3.05, 3.63) is 54.6 Å². The van der Waals surface area contributed by atoms with Gasteiger partial charge in [0.1, 0.15) is 5.69 Å². The lowest BCUT2D eigenvalue weighted by Gasteiger charge is -2.28. The van der Waals surface area contributed by atoms with Crippen molar-refractivity contribution in [2.45, 2.75) is 37.8 Å². The Bertz CT molecular complexity index is 858. The molecule has 0 spiro atoms.